The molecule has 2 bridgehead atoms. The third kappa shape index (κ3) is 4.43. The molecule has 5 rings (SSSR count). The average molecular weight is 430 g/mol. The number of rotatable bonds is 4. The minimum absolute atomic E-state index is 0.555. The monoisotopic (exact) mass is 429 g/mol. The summed E-state index contributed by atoms with van der Waals surface area (Å²) in [5, 5.41) is 14.8. The summed E-state index contributed by atoms with van der Waals surface area (Å²) < 4.78 is 0. The number of hydrogen-bond donors (Lipinski definition) is 2. The molecule has 3 aromatic rings. The van der Waals surface area contributed by atoms with E-state index in [0.717, 1.165) is 13.1 Å². The van der Waals surface area contributed by atoms with Gasteiger partial charge >= 0.3 is 11.9 Å². The predicted octanol–water partition coefficient (Wildman–Crippen LogP) is 4.38. The Morgan fingerprint density at radius 2 is 1.38 bits per heavy atom. The smallest absolute Gasteiger partial charge is 0.414 e. The lowest BCUT2D eigenvalue weighted by atomic mass is 9.73. The molecule has 0 aromatic heterocycles. The number of carboxylic acid groups (broad SMARTS) is 2. The summed E-state index contributed by atoms with van der Waals surface area (Å²) in [5.41, 5.74) is 7.68. The molecule has 0 saturated carbocycles. The van der Waals surface area contributed by atoms with Crippen molar-refractivity contribution in [1.82, 2.24) is 4.90 Å². The fraction of sp³-hybridized carbons (Fsp3) is 0.259. The van der Waals surface area contributed by atoms with Gasteiger partial charge in [-0.05, 0) is 53.1 Å². The van der Waals surface area contributed by atoms with E-state index in [2.05, 4.69) is 90.8 Å². The number of benzene rings is 3. The lowest BCUT2D eigenvalue weighted by Crippen LogP contribution is -2.33. The van der Waals surface area contributed by atoms with Gasteiger partial charge in [-0.2, -0.15) is 0 Å². The van der Waals surface area contributed by atoms with Crippen LogP contribution < -0.4 is 0 Å². The van der Waals surface area contributed by atoms with Gasteiger partial charge in [0.2, 0.25) is 0 Å². The maximum Gasteiger partial charge on any atom is 0.414 e. The Hall–Kier alpha value is -3.44. The molecule has 0 radical (unpaired) electrons. The molecule has 2 N–H and O–H groups in total. The molecule has 0 aliphatic heterocycles. The molecule has 0 heterocycles. The van der Waals surface area contributed by atoms with Gasteiger partial charge in [-0.3, -0.25) is 0 Å². The number of hydrogen-bond acceptors (Lipinski definition) is 3. The van der Waals surface area contributed by atoms with Gasteiger partial charge in [-0.15, -0.1) is 0 Å². The highest BCUT2D eigenvalue weighted by Gasteiger charge is 2.45. The Labute approximate surface area is 187 Å². The van der Waals surface area contributed by atoms with Crippen LogP contribution in [0.3, 0.4) is 0 Å². The number of nitrogens with zero attached hydrogens (tertiary/aromatic N) is 1. The van der Waals surface area contributed by atoms with E-state index in [1.807, 2.05) is 0 Å². The van der Waals surface area contributed by atoms with Crippen molar-refractivity contribution in [1.29, 1.82) is 0 Å². The minimum atomic E-state index is -1.82. The van der Waals surface area contributed by atoms with Gasteiger partial charge in [0.05, 0.1) is 0 Å². The lowest BCUT2D eigenvalue weighted by Gasteiger charge is -2.35. The Morgan fingerprint density at radius 1 is 0.812 bits per heavy atom. The number of carbonyl (C=O) groups is 2. The van der Waals surface area contributed by atoms with Crippen LogP contribution in [0.25, 0.3) is 0 Å². The van der Waals surface area contributed by atoms with E-state index in [0.29, 0.717) is 17.8 Å². The van der Waals surface area contributed by atoms with Crippen LogP contribution >= 0.6 is 0 Å². The maximum absolute atomic E-state index is 9.10. The highest BCUT2D eigenvalue weighted by molar-refractivity contribution is 6.27. The molecule has 0 fully saturated rings. The van der Waals surface area contributed by atoms with E-state index in [-0.39, 0.29) is 0 Å². The molecular formula is C27H27NO4. The van der Waals surface area contributed by atoms with E-state index in [9.17, 15) is 0 Å². The first-order chi connectivity index (χ1) is 15.5. The van der Waals surface area contributed by atoms with Gasteiger partial charge < -0.3 is 15.1 Å². The molecule has 3 atom stereocenters. The molecule has 3 aromatic carbocycles. The van der Waals surface area contributed by atoms with E-state index >= 15 is 0 Å². The normalized spacial score (nSPS) is 20.0. The third-order valence-corrected chi connectivity index (χ3v) is 6.51. The van der Waals surface area contributed by atoms with Crippen molar-refractivity contribution in [3.63, 3.8) is 0 Å². The molecule has 2 aliphatic rings. The number of carboxylic acids is 2. The molecule has 164 valence electrons. The number of aliphatic carboxylic acids is 2. The van der Waals surface area contributed by atoms with Gasteiger partial charge in [0.25, 0.3) is 0 Å². The zero-order valence-electron chi connectivity index (χ0n) is 18.0. The summed E-state index contributed by atoms with van der Waals surface area (Å²) >= 11 is 0. The Balaban J connectivity index is 0.000000363. The average Bonchev–Trinajstić information content (AvgIpc) is 2.99. The summed E-state index contributed by atoms with van der Waals surface area (Å²) in [6.45, 7) is 2.17. The maximum atomic E-state index is 9.10. The van der Waals surface area contributed by atoms with Gasteiger partial charge in [-0.1, -0.05) is 78.9 Å². The second kappa shape index (κ2) is 9.37. The largest absolute Gasteiger partial charge is 0.473 e. The molecule has 0 amide bonds. The summed E-state index contributed by atoms with van der Waals surface area (Å²) in [5.74, 6) is -1.76. The van der Waals surface area contributed by atoms with E-state index in [4.69, 9.17) is 19.8 Å². The fourth-order valence-electron chi connectivity index (χ4n) is 5.30. The van der Waals surface area contributed by atoms with Gasteiger partial charge in [0.15, 0.2) is 0 Å². The van der Waals surface area contributed by atoms with E-state index < -0.39 is 11.9 Å². The molecule has 0 saturated heterocycles. The van der Waals surface area contributed by atoms with Gasteiger partial charge in [0.1, 0.15) is 0 Å². The molecule has 32 heavy (non-hydrogen) atoms. The predicted molar refractivity (Wildman–Crippen MR) is 123 cm³/mol. The van der Waals surface area contributed by atoms with Crippen molar-refractivity contribution in [2.45, 2.75) is 24.8 Å². The van der Waals surface area contributed by atoms with Gasteiger partial charge in [0, 0.05) is 19.0 Å². The first-order valence-corrected chi connectivity index (χ1v) is 10.8. The van der Waals surface area contributed by atoms with Crippen molar-refractivity contribution >= 4 is 11.9 Å². The second-order valence-corrected chi connectivity index (χ2v) is 8.57. The fourth-order valence-corrected chi connectivity index (χ4v) is 5.30. The van der Waals surface area contributed by atoms with Crippen LogP contribution in [0.1, 0.15) is 39.7 Å². The molecule has 5 nitrogen and oxygen atoms in total. The van der Waals surface area contributed by atoms with Crippen molar-refractivity contribution < 1.29 is 19.8 Å². The van der Waals surface area contributed by atoms with Crippen molar-refractivity contribution in [3.05, 3.63) is 107 Å². The topological polar surface area (TPSA) is 77.8 Å². The molecule has 0 spiro atoms. The zero-order valence-corrected chi connectivity index (χ0v) is 18.0. The van der Waals surface area contributed by atoms with Crippen LogP contribution in [0, 0.1) is 5.92 Å². The van der Waals surface area contributed by atoms with Crippen LogP contribution in [-0.2, 0) is 22.6 Å². The first kappa shape index (κ1) is 21.8. The van der Waals surface area contributed by atoms with Crippen LogP contribution in [-0.4, -0.2) is 40.6 Å². The summed E-state index contributed by atoms with van der Waals surface area (Å²) in [6, 6.07) is 29.1. The molecule has 2 aliphatic carbocycles. The highest BCUT2D eigenvalue weighted by atomic mass is 16.4. The number of fused-ring (bicyclic) bond motifs is 7. The summed E-state index contributed by atoms with van der Waals surface area (Å²) in [7, 11) is 2.28. The Morgan fingerprint density at radius 3 is 2.03 bits per heavy atom. The van der Waals surface area contributed by atoms with Crippen molar-refractivity contribution in [2.75, 3.05) is 13.6 Å². The van der Waals surface area contributed by atoms with Crippen LogP contribution in [0.2, 0.25) is 0 Å². The zero-order chi connectivity index (χ0) is 22.7. The third-order valence-electron chi connectivity index (χ3n) is 6.51. The quantitative estimate of drug-likeness (QED) is 0.602. The Bertz CT molecular complexity index is 1090. The molecule has 3 unspecified atom stereocenters. The van der Waals surface area contributed by atoms with Crippen molar-refractivity contribution in [2.24, 2.45) is 5.92 Å². The summed E-state index contributed by atoms with van der Waals surface area (Å²) in [6.07, 6.45) is 1.19. The standard InChI is InChI=1S/C25H25N.C2H2O4/c1-26(16-18-9-3-2-4-10-18)17-24-23-15-19-11-5-6-12-20(19)25(24)22-14-8-7-13-21(22)23;3-1(4)2(5)6/h2-14,23-25H,15-17H2,1H3;(H,3,4)(H,5,6). The van der Waals surface area contributed by atoms with Crippen LogP contribution in [0.15, 0.2) is 78.9 Å². The van der Waals surface area contributed by atoms with Crippen LogP contribution in [0.5, 0.6) is 0 Å². The minimum Gasteiger partial charge on any atom is -0.473 e. The van der Waals surface area contributed by atoms with Crippen LogP contribution in [0.4, 0.5) is 0 Å². The van der Waals surface area contributed by atoms with E-state index in [1.54, 1.807) is 22.3 Å². The molecular weight excluding hydrogens is 402 g/mol. The van der Waals surface area contributed by atoms with E-state index in [1.165, 1.54) is 12.0 Å². The molecule has 5 heteroatoms. The first-order valence-electron chi connectivity index (χ1n) is 10.8. The van der Waals surface area contributed by atoms with Crippen molar-refractivity contribution in [3.8, 4) is 0 Å². The Kier molecular flexibility index (Phi) is 6.37. The highest BCUT2D eigenvalue weighted by Crippen LogP contribution is 2.55. The second-order valence-electron chi connectivity index (χ2n) is 8.57. The SMILES string of the molecule is CN(Cc1ccccc1)CC1C2Cc3ccccc3C1c1ccccc12.O=C(O)C(=O)O. The van der Waals surface area contributed by atoms with Gasteiger partial charge in [-0.25, -0.2) is 9.59 Å². The summed E-state index contributed by atoms with van der Waals surface area (Å²) in [4.78, 5) is 20.7. The lowest BCUT2D eigenvalue weighted by molar-refractivity contribution is -0.159.